The Balaban J connectivity index is 1.81. The lowest BCUT2D eigenvalue weighted by molar-refractivity contribution is 0.371. The van der Waals surface area contributed by atoms with Crippen LogP contribution in [0.3, 0.4) is 0 Å². The minimum absolute atomic E-state index is 0.584. The molecule has 0 saturated heterocycles. The van der Waals surface area contributed by atoms with Gasteiger partial charge in [0.25, 0.3) is 0 Å². The molecule has 0 spiro atoms. The van der Waals surface area contributed by atoms with Gasteiger partial charge in [-0.15, -0.1) is 0 Å². The molecule has 2 atom stereocenters. The standard InChI is InChI=1S/C14H27NS/c1-3-12-7-6-8-13(12)15-11-14(16-2)9-4-5-10-14/h12-13,15H,3-11H2,1-2H3. The minimum Gasteiger partial charge on any atom is -0.312 e. The molecule has 0 bridgehead atoms. The number of thioether (sulfide) groups is 1. The van der Waals surface area contributed by atoms with Crippen molar-refractivity contribution in [1.29, 1.82) is 0 Å². The predicted molar refractivity (Wildman–Crippen MR) is 74.1 cm³/mol. The van der Waals surface area contributed by atoms with Crippen molar-refractivity contribution in [1.82, 2.24) is 5.32 Å². The van der Waals surface area contributed by atoms with E-state index < -0.39 is 0 Å². The topological polar surface area (TPSA) is 12.0 Å². The smallest absolute Gasteiger partial charge is 0.0281 e. The van der Waals surface area contributed by atoms with Gasteiger partial charge in [-0.25, -0.2) is 0 Å². The fraction of sp³-hybridized carbons (Fsp3) is 1.00. The first kappa shape index (κ1) is 12.8. The summed E-state index contributed by atoms with van der Waals surface area (Å²) >= 11 is 2.11. The lowest BCUT2D eigenvalue weighted by Gasteiger charge is -2.30. The van der Waals surface area contributed by atoms with Crippen LogP contribution in [0, 0.1) is 5.92 Å². The molecule has 0 aliphatic heterocycles. The van der Waals surface area contributed by atoms with Crippen LogP contribution >= 0.6 is 11.8 Å². The summed E-state index contributed by atoms with van der Waals surface area (Å²) in [6.07, 6.45) is 13.8. The Bertz CT molecular complexity index is 211. The highest BCUT2D eigenvalue weighted by atomic mass is 32.2. The molecule has 0 amide bonds. The van der Waals surface area contributed by atoms with Gasteiger partial charge in [-0.05, 0) is 37.9 Å². The molecular formula is C14H27NS. The quantitative estimate of drug-likeness (QED) is 0.785. The summed E-state index contributed by atoms with van der Waals surface area (Å²) in [6, 6.07) is 0.828. The first-order valence-electron chi connectivity index (χ1n) is 7.08. The Labute approximate surface area is 105 Å². The Morgan fingerprint density at radius 2 is 1.94 bits per heavy atom. The Kier molecular flexibility index (Phi) is 4.60. The normalized spacial score (nSPS) is 33.4. The van der Waals surface area contributed by atoms with Gasteiger partial charge in [0.05, 0.1) is 0 Å². The van der Waals surface area contributed by atoms with E-state index in [1.54, 1.807) is 0 Å². The van der Waals surface area contributed by atoms with Crippen molar-refractivity contribution in [2.75, 3.05) is 12.8 Å². The summed E-state index contributed by atoms with van der Waals surface area (Å²) in [6.45, 7) is 3.61. The molecule has 2 fully saturated rings. The lowest BCUT2D eigenvalue weighted by atomic mass is 9.99. The van der Waals surface area contributed by atoms with Gasteiger partial charge in [-0.3, -0.25) is 0 Å². The molecular weight excluding hydrogens is 214 g/mol. The fourth-order valence-corrected chi connectivity index (χ4v) is 4.51. The van der Waals surface area contributed by atoms with E-state index in [2.05, 4.69) is 30.3 Å². The third-order valence-electron chi connectivity index (χ3n) is 4.82. The van der Waals surface area contributed by atoms with Gasteiger partial charge in [0.1, 0.15) is 0 Å². The van der Waals surface area contributed by atoms with Crippen LogP contribution in [0.25, 0.3) is 0 Å². The van der Waals surface area contributed by atoms with Crippen molar-refractivity contribution in [3.63, 3.8) is 0 Å². The Morgan fingerprint density at radius 1 is 1.19 bits per heavy atom. The van der Waals surface area contributed by atoms with Crippen LogP contribution in [0.2, 0.25) is 0 Å². The molecule has 0 aromatic carbocycles. The van der Waals surface area contributed by atoms with Gasteiger partial charge in [0.2, 0.25) is 0 Å². The van der Waals surface area contributed by atoms with Crippen LogP contribution in [0.4, 0.5) is 0 Å². The van der Waals surface area contributed by atoms with Gasteiger partial charge < -0.3 is 5.32 Å². The molecule has 2 heteroatoms. The molecule has 0 aromatic heterocycles. The van der Waals surface area contributed by atoms with Gasteiger partial charge in [0.15, 0.2) is 0 Å². The highest BCUT2D eigenvalue weighted by Crippen LogP contribution is 2.40. The molecule has 94 valence electrons. The third-order valence-corrected chi connectivity index (χ3v) is 6.24. The van der Waals surface area contributed by atoms with Gasteiger partial charge in [0, 0.05) is 17.3 Å². The summed E-state index contributed by atoms with van der Waals surface area (Å²) < 4.78 is 0.584. The van der Waals surface area contributed by atoms with Gasteiger partial charge in [-0.1, -0.05) is 32.6 Å². The molecule has 0 aromatic rings. The molecule has 2 unspecified atom stereocenters. The van der Waals surface area contributed by atoms with Crippen molar-refractivity contribution in [3.8, 4) is 0 Å². The van der Waals surface area contributed by atoms with Gasteiger partial charge >= 0.3 is 0 Å². The van der Waals surface area contributed by atoms with Crippen LogP contribution < -0.4 is 5.32 Å². The maximum absolute atomic E-state index is 3.90. The third kappa shape index (κ3) is 2.76. The van der Waals surface area contributed by atoms with Crippen LogP contribution in [-0.2, 0) is 0 Å². The highest BCUT2D eigenvalue weighted by molar-refractivity contribution is 8.00. The molecule has 16 heavy (non-hydrogen) atoms. The molecule has 1 nitrogen and oxygen atoms in total. The minimum atomic E-state index is 0.584. The second kappa shape index (κ2) is 5.77. The first-order valence-corrected chi connectivity index (χ1v) is 8.31. The van der Waals surface area contributed by atoms with E-state index >= 15 is 0 Å². The lowest BCUT2D eigenvalue weighted by Crippen LogP contribution is -2.42. The summed E-state index contributed by atoms with van der Waals surface area (Å²) in [7, 11) is 0. The Morgan fingerprint density at radius 3 is 2.56 bits per heavy atom. The van der Waals surface area contributed by atoms with Crippen molar-refractivity contribution >= 4 is 11.8 Å². The summed E-state index contributed by atoms with van der Waals surface area (Å²) in [5.74, 6) is 0.959. The van der Waals surface area contributed by atoms with Crippen LogP contribution in [0.1, 0.15) is 58.3 Å². The summed E-state index contributed by atoms with van der Waals surface area (Å²) in [5, 5.41) is 3.90. The van der Waals surface area contributed by atoms with E-state index in [0.29, 0.717) is 4.75 Å². The molecule has 0 heterocycles. The predicted octanol–water partition coefficient (Wildman–Crippen LogP) is 3.83. The molecule has 2 aliphatic carbocycles. The van der Waals surface area contributed by atoms with E-state index in [1.807, 2.05) is 0 Å². The zero-order valence-electron chi connectivity index (χ0n) is 10.9. The SMILES string of the molecule is CCC1CCCC1NCC1(SC)CCCC1. The van der Waals surface area contributed by atoms with Crippen molar-refractivity contribution in [2.24, 2.45) is 5.92 Å². The van der Waals surface area contributed by atoms with Gasteiger partial charge in [-0.2, -0.15) is 11.8 Å². The number of hydrogen-bond donors (Lipinski definition) is 1. The maximum atomic E-state index is 3.90. The molecule has 2 saturated carbocycles. The molecule has 1 N–H and O–H groups in total. The van der Waals surface area contributed by atoms with Crippen molar-refractivity contribution in [2.45, 2.75) is 69.1 Å². The van der Waals surface area contributed by atoms with Crippen LogP contribution in [0.5, 0.6) is 0 Å². The van der Waals surface area contributed by atoms with E-state index in [9.17, 15) is 0 Å². The highest BCUT2D eigenvalue weighted by Gasteiger charge is 2.34. The van der Waals surface area contributed by atoms with Crippen molar-refractivity contribution < 1.29 is 0 Å². The number of nitrogens with one attached hydrogen (secondary N) is 1. The van der Waals surface area contributed by atoms with Crippen LogP contribution in [-0.4, -0.2) is 23.6 Å². The molecule has 0 radical (unpaired) electrons. The van der Waals surface area contributed by atoms with Crippen LogP contribution in [0.15, 0.2) is 0 Å². The second-order valence-electron chi connectivity index (χ2n) is 5.68. The monoisotopic (exact) mass is 241 g/mol. The number of rotatable bonds is 5. The first-order chi connectivity index (χ1) is 7.79. The van der Waals surface area contributed by atoms with E-state index in [4.69, 9.17) is 0 Å². The largest absolute Gasteiger partial charge is 0.312 e. The van der Waals surface area contributed by atoms with E-state index in [0.717, 1.165) is 12.0 Å². The maximum Gasteiger partial charge on any atom is 0.0281 e. The Hall–Kier alpha value is 0.310. The van der Waals surface area contributed by atoms with E-state index in [1.165, 1.54) is 57.9 Å². The molecule has 2 aliphatic rings. The fourth-order valence-electron chi connectivity index (χ4n) is 3.58. The molecule has 2 rings (SSSR count). The zero-order chi connectivity index (χ0) is 11.4. The average molecular weight is 241 g/mol. The zero-order valence-corrected chi connectivity index (χ0v) is 11.7. The number of hydrogen-bond acceptors (Lipinski definition) is 2. The summed E-state index contributed by atoms with van der Waals surface area (Å²) in [5.41, 5.74) is 0. The summed E-state index contributed by atoms with van der Waals surface area (Å²) in [4.78, 5) is 0. The second-order valence-corrected chi connectivity index (χ2v) is 6.96. The average Bonchev–Trinajstić information content (AvgIpc) is 2.96. The van der Waals surface area contributed by atoms with E-state index in [-0.39, 0.29) is 0 Å². The van der Waals surface area contributed by atoms with Crippen molar-refractivity contribution in [3.05, 3.63) is 0 Å².